The van der Waals surface area contributed by atoms with Crippen molar-refractivity contribution >= 4 is 90.2 Å². The van der Waals surface area contributed by atoms with Crippen LogP contribution >= 0.6 is 0 Å². The van der Waals surface area contributed by atoms with E-state index in [0.717, 1.165) is 13.8 Å². The number of aliphatic hydroxyl groups excluding tert-OH is 8. The Hall–Kier alpha value is -5.87. The largest absolute Gasteiger partial charge is 3.00 e. The number of fused-ring (bicyclic) bond motifs is 4. The van der Waals surface area contributed by atoms with Gasteiger partial charge in [0, 0.05) is 33.4 Å². The number of aromatic carboxylic acids is 2. The summed E-state index contributed by atoms with van der Waals surface area (Å²) in [5.41, 5.74) is -10.4. The zero-order valence-electron chi connectivity index (χ0n) is 38.7. The molecule has 0 spiro atoms. The van der Waals surface area contributed by atoms with E-state index in [2.05, 4.69) is 0 Å². The van der Waals surface area contributed by atoms with Gasteiger partial charge in [0.25, 0.3) is 0 Å². The van der Waals surface area contributed by atoms with E-state index in [1.54, 1.807) is 0 Å². The molecule has 32 heteroatoms. The summed E-state index contributed by atoms with van der Waals surface area (Å²) in [6.45, 7) is 0.435. The first-order valence-corrected chi connectivity index (χ1v) is 20.2. The molecule has 21 N–H and O–H groups in total. The molecule has 10 atom stereocenters. The van der Waals surface area contributed by atoms with Gasteiger partial charge in [-0.2, -0.15) is 0 Å². The summed E-state index contributed by atoms with van der Waals surface area (Å²) in [6, 6.07) is 1.35. The summed E-state index contributed by atoms with van der Waals surface area (Å²) < 4.78 is 10.4. The zero-order chi connectivity index (χ0) is 52.2. The van der Waals surface area contributed by atoms with Gasteiger partial charge in [-0.15, -0.1) is 0 Å². The van der Waals surface area contributed by atoms with Gasteiger partial charge in [-0.1, -0.05) is 23.0 Å². The van der Waals surface area contributed by atoms with Crippen LogP contribution < -0.4 is 20.4 Å². The Bertz CT molecular complexity index is 2810. The van der Waals surface area contributed by atoms with E-state index in [9.17, 15) is 121 Å². The molecule has 30 nitrogen and oxygen atoms in total. The number of ketones is 4. The van der Waals surface area contributed by atoms with Crippen molar-refractivity contribution in [3.05, 3.63) is 90.0 Å². The Morgan fingerprint density at radius 1 is 0.500 bits per heavy atom. The predicted molar refractivity (Wildman–Crippen MR) is 237 cm³/mol. The molecule has 0 radical (unpaired) electrons. The normalized spacial score (nSPS) is 23.8. The van der Waals surface area contributed by atoms with Crippen molar-refractivity contribution in [2.45, 2.75) is 74.9 Å². The van der Waals surface area contributed by atoms with Crippen LogP contribution in [0.1, 0.15) is 119 Å². The topological polar surface area (TPSA) is 621 Å². The van der Waals surface area contributed by atoms with Gasteiger partial charge in [-0.3, -0.25) is 19.2 Å². The molecule has 0 aromatic heterocycles. The van der Waals surface area contributed by atoms with Gasteiger partial charge in [-0.05, 0) is 48.2 Å². The van der Waals surface area contributed by atoms with E-state index in [1.165, 1.54) is 0 Å². The minimum Gasteiger partial charge on any atom is -0.872 e. The zero-order valence-corrected chi connectivity index (χ0v) is 42.1. The number of rotatable bonds is 6. The fourth-order valence-corrected chi connectivity index (χ4v) is 9.10. The summed E-state index contributed by atoms with van der Waals surface area (Å²) in [5.74, 6) is -18.5. The number of phenolic OH excluding ortho intramolecular Hbond substituents is 2. The predicted octanol–water partition coefficient (Wildman–Crippen LogP) is -8.33. The van der Waals surface area contributed by atoms with E-state index >= 15 is 0 Å². The van der Waals surface area contributed by atoms with Gasteiger partial charge in [0.2, 0.25) is 0 Å². The monoisotopic (exact) mass is 1120 g/mol. The van der Waals surface area contributed by atoms with Gasteiger partial charge in [0.15, 0.2) is 23.1 Å². The maximum Gasteiger partial charge on any atom is 3.00 e. The van der Waals surface area contributed by atoms with Crippen molar-refractivity contribution in [2.24, 2.45) is 0 Å². The molecule has 2 saturated heterocycles. The van der Waals surface area contributed by atoms with Crippen molar-refractivity contribution in [1.82, 2.24) is 0 Å². The van der Waals surface area contributed by atoms with Crippen LogP contribution in [-0.4, -0.2) is 246 Å². The number of aromatic hydroxyl groups is 4. The van der Waals surface area contributed by atoms with Crippen LogP contribution in [0.2, 0.25) is 0 Å². The van der Waals surface area contributed by atoms with E-state index in [1.807, 2.05) is 0 Å². The van der Waals surface area contributed by atoms with Crippen LogP contribution in [0.3, 0.4) is 0 Å². The Balaban J connectivity index is 0.000000704. The van der Waals surface area contributed by atoms with Crippen LogP contribution in [0.4, 0.5) is 0 Å². The third kappa shape index (κ3) is 10.1. The second-order valence-corrected chi connectivity index (χ2v) is 16.4. The molecule has 4 aliphatic rings. The molecule has 2 aliphatic carbocycles. The maximum atomic E-state index is 13.3. The minimum atomic E-state index is -2.11. The smallest absolute Gasteiger partial charge is 0.872 e. The summed E-state index contributed by atoms with van der Waals surface area (Å²) in [7, 11) is 0. The van der Waals surface area contributed by atoms with E-state index in [4.69, 9.17) is 9.47 Å². The minimum absolute atomic E-state index is 0. The molecule has 2 fully saturated rings. The van der Waals surface area contributed by atoms with Crippen LogP contribution in [0.5, 0.6) is 46.0 Å². The van der Waals surface area contributed by atoms with E-state index < -0.39 is 222 Å². The fourth-order valence-electron chi connectivity index (χ4n) is 9.10. The van der Waals surface area contributed by atoms with Crippen molar-refractivity contribution in [3.8, 4) is 46.0 Å². The van der Waals surface area contributed by atoms with E-state index in [-0.39, 0.29) is 88.1 Å². The van der Waals surface area contributed by atoms with E-state index in [0.29, 0.717) is 12.1 Å². The molecule has 4 aromatic rings. The number of carboxylic acid groups (broad SMARTS) is 2. The molecular weight excluding hydrogens is 1080 g/mol. The summed E-state index contributed by atoms with van der Waals surface area (Å²) >= 11 is 0. The van der Waals surface area contributed by atoms with Gasteiger partial charge in [0.1, 0.15) is 95.2 Å². The van der Waals surface area contributed by atoms with Gasteiger partial charge >= 0.3 is 67.0 Å². The number of carbonyl (C=O) groups excluding carboxylic acids is 4. The van der Waals surface area contributed by atoms with Crippen molar-refractivity contribution < 1.29 is 152 Å². The average Bonchev–Trinajstić information content (AvgIpc) is 3.29. The van der Waals surface area contributed by atoms with Crippen molar-refractivity contribution in [2.75, 3.05) is 13.2 Å². The molecule has 0 bridgehead atoms. The Kier molecular flexibility index (Phi) is 22.1. The van der Waals surface area contributed by atoms with Gasteiger partial charge in [-0.25, -0.2) is 9.59 Å². The molecule has 0 saturated carbocycles. The number of aliphatic hydroxyl groups is 8. The molecule has 76 heavy (non-hydrogen) atoms. The van der Waals surface area contributed by atoms with Crippen molar-refractivity contribution in [3.63, 3.8) is 0 Å². The van der Waals surface area contributed by atoms with Crippen LogP contribution in [0.25, 0.3) is 0 Å². The number of carboxylic acids is 2. The molecule has 4 aromatic carbocycles. The number of ether oxygens (including phenoxy) is 2. The van der Waals surface area contributed by atoms with Gasteiger partial charge in [0.05, 0.1) is 24.3 Å². The molecule has 0 unspecified atom stereocenters. The molecule has 404 valence electrons. The standard InChI is InChI=1S/2C22H20O13.Al.Ca.4H2O/c2*1-4-8-5(2-6(24)9(4)22(33)34)13(25)10-11(15(8)27)16(28)12(18(30)17(10)29)21-20(32)19(31)14(26)7(3-23)35-21;;;;;;/h2*2,7,14,19-21,23-24,26,28-32H,3H2,1H3,(H,33,34);;;4*1H2/q;;+3;+2;;;;/p-5/t2*7-,14-,19+,20-,21-;;;;;;/m11....../s1. The Morgan fingerprint density at radius 2 is 0.789 bits per heavy atom. The fraction of sp³-hybridized carbons (Fsp3) is 0.318. The van der Waals surface area contributed by atoms with Crippen molar-refractivity contribution in [1.29, 1.82) is 0 Å². The first-order valence-electron chi connectivity index (χ1n) is 20.2. The molecular formula is C44H43AlCaO30. The second kappa shape index (κ2) is 24.6. The third-order valence-electron chi connectivity index (χ3n) is 12.6. The van der Waals surface area contributed by atoms with Crippen LogP contribution in [0, 0.1) is 13.8 Å². The first kappa shape index (κ1) is 68.1. The summed E-state index contributed by atoms with van der Waals surface area (Å²) in [4.78, 5) is 75.9. The van der Waals surface area contributed by atoms with Crippen LogP contribution in [-0.2, 0) is 9.47 Å². The van der Waals surface area contributed by atoms with Crippen LogP contribution in [0.15, 0.2) is 12.1 Å². The van der Waals surface area contributed by atoms with Gasteiger partial charge < -0.3 is 123 Å². The summed E-state index contributed by atoms with van der Waals surface area (Å²) in [6.07, 6.45) is -19.0. The Morgan fingerprint density at radius 3 is 1.05 bits per heavy atom. The quantitative estimate of drug-likeness (QED) is 0.0689. The number of hydrogen-bond acceptors (Lipinski definition) is 25. The molecule has 0 amide bonds. The number of phenols is 4. The molecule has 8 rings (SSSR count). The molecule has 2 aliphatic heterocycles. The molecule has 2 heterocycles. The summed E-state index contributed by atoms with van der Waals surface area (Å²) in [5, 5.41) is 192. The maximum absolute atomic E-state index is 13.3. The average molecular weight is 1120 g/mol. The SMILES string of the molecule is Cc1c(C(=O)O)c(O)cc2c1C(=O)c1c([O-])c([C@H]3O[C@H](CO)[C@@H](O)[C@H](O)[C@H]3O)c([O-])c(O)c1C2=O.Cc1c(C(=O)O)c(O)cc2c1C(=O)c1c([O-])c([C@H]3O[C@H](CO)[C@@H](O)[C@H](O)[C@H]3O)c([O-])c(O)c1C2=O.O.O.O.[Al+3].[Ca+2].[OH-]. The third-order valence-corrected chi connectivity index (χ3v) is 12.6. The number of benzene rings is 4. The number of hydrogen-bond donors (Lipinski definition) is 14. The first-order chi connectivity index (χ1) is 32.7. The second-order valence-electron chi connectivity index (χ2n) is 16.4. The Labute approximate surface area is 463 Å². The number of carbonyl (C=O) groups is 6.